The summed E-state index contributed by atoms with van der Waals surface area (Å²) in [6, 6.07) is 3.15. The summed E-state index contributed by atoms with van der Waals surface area (Å²) in [4.78, 5) is 11.3. The molecule has 0 radical (unpaired) electrons. The molecular formula is C10H7Cl5N2O. The van der Waals surface area contributed by atoms with E-state index in [-0.39, 0.29) is 10.9 Å². The van der Waals surface area contributed by atoms with Gasteiger partial charge in [-0.3, -0.25) is 4.79 Å². The zero-order chi connectivity index (χ0) is 13.9. The molecule has 0 aliphatic carbocycles. The number of carbonyl (C=O) groups is 1. The van der Waals surface area contributed by atoms with E-state index in [1.807, 2.05) is 0 Å². The van der Waals surface area contributed by atoms with Crippen molar-refractivity contribution >= 4 is 69.5 Å². The molecule has 0 aliphatic rings. The SMILES string of the molecule is Cc1cc(Cl)cc(Cl)c1N=NC(Cl)(Cl)C(=O)CCl. The lowest BCUT2D eigenvalue weighted by Crippen LogP contribution is -2.24. The van der Waals surface area contributed by atoms with Crippen molar-refractivity contribution in [3.8, 4) is 0 Å². The number of hydrogen-bond donors (Lipinski definition) is 0. The Balaban J connectivity index is 3.09. The number of alkyl halides is 3. The standard InChI is InChI=1S/C10H7Cl5N2O/c1-5-2-6(12)3-7(13)9(5)16-17-10(14,15)8(18)4-11/h2-3H,4H2,1H3. The van der Waals surface area contributed by atoms with Gasteiger partial charge >= 0.3 is 0 Å². The molecule has 0 amide bonds. The quantitative estimate of drug-likeness (QED) is 0.412. The Morgan fingerprint density at radius 3 is 2.44 bits per heavy atom. The fourth-order valence-electron chi connectivity index (χ4n) is 1.07. The van der Waals surface area contributed by atoms with Crippen molar-refractivity contribution in [2.45, 2.75) is 11.4 Å². The Bertz CT molecular complexity index is 478. The van der Waals surface area contributed by atoms with Gasteiger partial charge in [0, 0.05) is 5.02 Å². The molecule has 1 aromatic rings. The topological polar surface area (TPSA) is 41.8 Å². The third-order valence-electron chi connectivity index (χ3n) is 1.95. The Kier molecular flexibility index (Phi) is 5.68. The number of Topliss-reactive ketones (excluding diaryl/α,β-unsaturated/α-hetero) is 1. The Hall–Kier alpha value is -0.0600. The number of carbonyl (C=O) groups excluding carboxylic acids is 1. The highest BCUT2D eigenvalue weighted by Gasteiger charge is 2.32. The van der Waals surface area contributed by atoms with Crippen LogP contribution in [0.3, 0.4) is 0 Å². The maximum absolute atomic E-state index is 11.3. The van der Waals surface area contributed by atoms with Gasteiger partial charge in [-0.25, -0.2) is 0 Å². The maximum Gasteiger partial charge on any atom is 0.287 e. The van der Waals surface area contributed by atoms with E-state index in [0.717, 1.165) is 0 Å². The van der Waals surface area contributed by atoms with Crippen molar-refractivity contribution in [1.82, 2.24) is 0 Å². The molecular weight excluding hydrogens is 341 g/mol. The van der Waals surface area contributed by atoms with E-state index in [9.17, 15) is 4.79 Å². The highest BCUT2D eigenvalue weighted by Crippen LogP contribution is 2.34. The Labute approximate surface area is 129 Å². The van der Waals surface area contributed by atoms with Crippen LogP contribution in [0.15, 0.2) is 22.4 Å². The number of hydrogen-bond acceptors (Lipinski definition) is 3. The number of rotatable bonds is 4. The second-order valence-corrected chi connectivity index (χ2v) is 5.75. The van der Waals surface area contributed by atoms with Crippen LogP contribution in [0, 0.1) is 6.92 Å². The second kappa shape index (κ2) is 6.40. The van der Waals surface area contributed by atoms with Crippen molar-refractivity contribution < 1.29 is 4.79 Å². The lowest BCUT2D eigenvalue weighted by atomic mass is 10.2. The summed E-state index contributed by atoms with van der Waals surface area (Å²) >= 11 is 28.4. The summed E-state index contributed by atoms with van der Waals surface area (Å²) in [6.45, 7) is 1.74. The molecule has 3 nitrogen and oxygen atoms in total. The highest BCUT2D eigenvalue weighted by molar-refractivity contribution is 6.60. The van der Waals surface area contributed by atoms with Gasteiger partial charge < -0.3 is 0 Å². The third kappa shape index (κ3) is 3.97. The molecule has 0 bridgehead atoms. The largest absolute Gasteiger partial charge is 0.293 e. The monoisotopic (exact) mass is 346 g/mol. The van der Waals surface area contributed by atoms with Crippen molar-refractivity contribution in [3.05, 3.63) is 27.7 Å². The molecule has 0 unspecified atom stereocenters. The molecule has 1 rings (SSSR count). The first-order valence-corrected chi connectivity index (χ1v) is 6.68. The molecule has 0 saturated carbocycles. The lowest BCUT2D eigenvalue weighted by molar-refractivity contribution is -0.117. The summed E-state index contributed by atoms with van der Waals surface area (Å²) in [5.41, 5.74) is 1.02. The molecule has 8 heteroatoms. The minimum Gasteiger partial charge on any atom is -0.293 e. The Morgan fingerprint density at radius 1 is 1.33 bits per heavy atom. The van der Waals surface area contributed by atoms with E-state index in [1.54, 1.807) is 13.0 Å². The van der Waals surface area contributed by atoms with Crippen molar-refractivity contribution in [2.24, 2.45) is 10.2 Å². The predicted molar refractivity (Wildman–Crippen MR) is 75.9 cm³/mol. The van der Waals surface area contributed by atoms with E-state index in [0.29, 0.717) is 16.3 Å². The average Bonchev–Trinajstić information content (AvgIpc) is 2.26. The maximum atomic E-state index is 11.3. The van der Waals surface area contributed by atoms with Crippen molar-refractivity contribution in [3.63, 3.8) is 0 Å². The normalized spacial score (nSPS) is 12.1. The van der Waals surface area contributed by atoms with E-state index in [1.165, 1.54) is 6.07 Å². The van der Waals surface area contributed by atoms with Crippen LogP contribution in [0.5, 0.6) is 0 Å². The van der Waals surface area contributed by atoms with Gasteiger partial charge in [-0.2, -0.15) is 5.11 Å². The zero-order valence-electron chi connectivity index (χ0n) is 9.05. The van der Waals surface area contributed by atoms with Crippen LogP contribution in [-0.4, -0.2) is 16.1 Å². The number of benzene rings is 1. The van der Waals surface area contributed by atoms with Crippen LogP contribution in [-0.2, 0) is 4.79 Å². The van der Waals surface area contributed by atoms with E-state index in [2.05, 4.69) is 10.2 Å². The third-order valence-corrected chi connectivity index (χ3v) is 3.27. The van der Waals surface area contributed by atoms with Crippen LogP contribution in [0.25, 0.3) is 0 Å². The first-order chi connectivity index (χ1) is 8.27. The Morgan fingerprint density at radius 2 is 1.94 bits per heavy atom. The van der Waals surface area contributed by atoms with Crippen molar-refractivity contribution in [1.29, 1.82) is 0 Å². The number of ketones is 1. The molecule has 0 atom stereocenters. The molecule has 1 aromatic carbocycles. The number of nitrogens with zero attached hydrogens (tertiary/aromatic N) is 2. The molecule has 0 N–H and O–H groups in total. The van der Waals surface area contributed by atoms with Crippen LogP contribution in [0.1, 0.15) is 5.56 Å². The fourth-order valence-corrected chi connectivity index (χ4v) is 2.24. The molecule has 18 heavy (non-hydrogen) atoms. The summed E-state index contributed by atoms with van der Waals surface area (Å²) in [5, 5.41) is 8.07. The summed E-state index contributed by atoms with van der Waals surface area (Å²) in [7, 11) is 0. The molecule has 98 valence electrons. The average molecular weight is 348 g/mol. The molecule has 0 heterocycles. The van der Waals surface area contributed by atoms with Crippen LogP contribution >= 0.6 is 58.0 Å². The molecule has 0 fully saturated rings. The van der Waals surface area contributed by atoms with E-state index < -0.39 is 10.2 Å². The molecule has 0 aliphatic heterocycles. The smallest absolute Gasteiger partial charge is 0.287 e. The van der Waals surface area contributed by atoms with Gasteiger partial charge in [0.25, 0.3) is 4.46 Å². The van der Waals surface area contributed by atoms with Crippen molar-refractivity contribution in [2.75, 3.05) is 5.88 Å². The van der Waals surface area contributed by atoms with Gasteiger partial charge in [0.05, 0.1) is 10.9 Å². The highest BCUT2D eigenvalue weighted by atomic mass is 35.5. The van der Waals surface area contributed by atoms with Gasteiger partial charge in [-0.1, -0.05) is 46.4 Å². The summed E-state index contributed by atoms with van der Waals surface area (Å²) in [5.74, 6) is -1.03. The number of halogens is 5. The van der Waals surface area contributed by atoms with Crippen LogP contribution < -0.4 is 0 Å². The van der Waals surface area contributed by atoms with Crippen LogP contribution in [0.2, 0.25) is 10.0 Å². The molecule has 0 saturated heterocycles. The first kappa shape index (κ1) is 16.0. The minimum absolute atomic E-state index is 0.284. The van der Waals surface area contributed by atoms with Gasteiger partial charge in [-0.15, -0.1) is 16.7 Å². The molecule has 0 spiro atoms. The molecule has 0 aromatic heterocycles. The van der Waals surface area contributed by atoms with E-state index >= 15 is 0 Å². The number of azo groups is 1. The fraction of sp³-hybridized carbons (Fsp3) is 0.300. The first-order valence-electron chi connectivity index (χ1n) is 4.63. The van der Waals surface area contributed by atoms with Gasteiger partial charge in [0.2, 0.25) is 5.78 Å². The van der Waals surface area contributed by atoms with Crippen LogP contribution in [0.4, 0.5) is 5.69 Å². The summed E-state index contributed by atoms with van der Waals surface area (Å²) < 4.78 is -2.02. The van der Waals surface area contributed by atoms with Gasteiger partial charge in [0.1, 0.15) is 5.69 Å². The minimum atomic E-state index is -2.02. The van der Waals surface area contributed by atoms with E-state index in [4.69, 9.17) is 58.0 Å². The lowest BCUT2D eigenvalue weighted by Gasteiger charge is -2.10. The van der Waals surface area contributed by atoms with Gasteiger partial charge in [-0.05, 0) is 24.6 Å². The predicted octanol–water partition coefficient (Wildman–Crippen LogP) is 5.32. The zero-order valence-corrected chi connectivity index (χ0v) is 12.8. The summed E-state index contributed by atoms with van der Waals surface area (Å²) in [6.07, 6.45) is 0. The van der Waals surface area contributed by atoms with Gasteiger partial charge in [0.15, 0.2) is 0 Å². The second-order valence-electron chi connectivity index (χ2n) is 3.35. The number of aryl methyl sites for hydroxylation is 1.